The van der Waals surface area contributed by atoms with Crippen molar-refractivity contribution in [3.8, 4) is 0 Å². The number of aromatic amines is 1. The van der Waals surface area contributed by atoms with Crippen molar-refractivity contribution < 1.29 is 9.53 Å². The number of hydrogen-bond donors (Lipinski definition) is 1. The summed E-state index contributed by atoms with van der Waals surface area (Å²) in [6.07, 6.45) is 2.94. The fraction of sp³-hybridized carbons (Fsp3) is 0.600. The van der Waals surface area contributed by atoms with Gasteiger partial charge in [-0.2, -0.15) is 5.21 Å². The number of methoxy groups -OCH3 is 1. The number of carbonyl (C=O) groups is 1. The number of H-pyrrole nitrogens is 1. The summed E-state index contributed by atoms with van der Waals surface area (Å²) in [5.74, 6) is 0.367. The molecule has 1 aromatic heterocycles. The van der Waals surface area contributed by atoms with Gasteiger partial charge in [0.05, 0.1) is 7.11 Å². The van der Waals surface area contributed by atoms with Crippen LogP contribution in [-0.4, -0.2) is 57.7 Å². The molecule has 0 bridgehead atoms. The van der Waals surface area contributed by atoms with Gasteiger partial charge < -0.3 is 4.74 Å². The first-order valence-corrected chi connectivity index (χ1v) is 5.47. The number of carbonyl (C=O) groups excluding carboxylic acids is 1. The number of aromatic nitrogens is 4. The Morgan fingerprint density at radius 2 is 2.47 bits per heavy atom. The van der Waals surface area contributed by atoms with Crippen molar-refractivity contribution in [1.82, 2.24) is 25.5 Å². The van der Waals surface area contributed by atoms with Gasteiger partial charge >= 0.3 is 5.97 Å². The molecule has 2 rings (SSSR count). The second-order valence-corrected chi connectivity index (χ2v) is 3.92. The standard InChI is InChI=1S/C10H15N5O2/c1-7(10(16)17-2)15-5-3-4-8(6-15)9-11-13-14-12-9/h4,7H,3,5-6H2,1-2H3,(H,11,12,13,14). The third-order valence-electron chi connectivity index (χ3n) is 2.90. The Hall–Kier alpha value is -1.76. The molecule has 1 N–H and O–H groups in total. The summed E-state index contributed by atoms with van der Waals surface area (Å²) in [6.45, 7) is 3.30. The lowest BCUT2D eigenvalue weighted by molar-refractivity contribution is -0.146. The maximum Gasteiger partial charge on any atom is 0.322 e. The van der Waals surface area contributed by atoms with Crippen molar-refractivity contribution in [2.75, 3.05) is 20.2 Å². The molecule has 1 unspecified atom stereocenters. The highest BCUT2D eigenvalue weighted by molar-refractivity contribution is 5.75. The first kappa shape index (κ1) is 11.7. The first-order valence-electron chi connectivity index (χ1n) is 5.47. The van der Waals surface area contributed by atoms with Gasteiger partial charge in [-0.05, 0) is 18.6 Å². The summed E-state index contributed by atoms with van der Waals surface area (Å²) in [5, 5.41) is 13.8. The van der Waals surface area contributed by atoms with E-state index >= 15 is 0 Å². The molecule has 7 nitrogen and oxygen atoms in total. The molecule has 7 heteroatoms. The Balaban J connectivity index is 2.06. The fourth-order valence-corrected chi connectivity index (χ4v) is 1.88. The van der Waals surface area contributed by atoms with E-state index in [4.69, 9.17) is 4.74 Å². The summed E-state index contributed by atoms with van der Waals surface area (Å²) < 4.78 is 4.74. The highest BCUT2D eigenvalue weighted by Crippen LogP contribution is 2.18. The highest BCUT2D eigenvalue weighted by Gasteiger charge is 2.25. The monoisotopic (exact) mass is 237 g/mol. The lowest BCUT2D eigenvalue weighted by Crippen LogP contribution is -2.42. The fourth-order valence-electron chi connectivity index (χ4n) is 1.88. The summed E-state index contributed by atoms with van der Waals surface area (Å²) in [7, 11) is 1.40. The molecule has 0 saturated carbocycles. The van der Waals surface area contributed by atoms with E-state index in [0.717, 1.165) is 18.5 Å². The van der Waals surface area contributed by atoms with Crippen molar-refractivity contribution in [3.63, 3.8) is 0 Å². The molecule has 2 heterocycles. The molecule has 0 aromatic carbocycles. The number of esters is 1. The first-order chi connectivity index (χ1) is 8.22. The van der Waals surface area contributed by atoms with Gasteiger partial charge in [0.1, 0.15) is 6.04 Å². The SMILES string of the molecule is COC(=O)C(C)N1CCC=C(c2nn[nH]n2)C1. The van der Waals surface area contributed by atoms with Crippen LogP contribution in [0.25, 0.3) is 5.57 Å². The summed E-state index contributed by atoms with van der Waals surface area (Å²) in [4.78, 5) is 13.5. The molecule has 1 aromatic rings. The van der Waals surface area contributed by atoms with E-state index in [1.54, 1.807) is 0 Å². The van der Waals surface area contributed by atoms with Crippen molar-refractivity contribution >= 4 is 11.5 Å². The maximum atomic E-state index is 11.5. The maximum absolute atomic E-state index is 11.5. The molecule has 17 heavy (non-hydrogen) atoms. The normalized spacial score (nSPS) is 18.6. The molecular weight excluding hydrogens is 222 g/mol. The van der Waals surface area contributed by atoms with Crippen LogP contribution in [0.4, 0.5) is 0 Å². The van der Waals surface area contributed by atoms with Crippen molar-refractivity contribution in [3.05, 3.63) is 11.9 Å². The molecule has 92 valence electrons. The van der Waals surface area contributed by atoms with E-state index in [1.165, 1.54) is 7.11 Å². The van der Waals surface area contributed by atoms with E-state index in [9.17, 15) is 4.79 Å². The number of tetrazole rings is 1. The Labute approximate surface area is 98.8 Å². The third-order valence-corrected chi connectivity index (χ3v) is 2.90. The van der Waals surface area contributed by atoms with E-state index < -0.39 is 0 Å². The summed E-state index contributed by atoms with van der Waals surface area (Å²) in [5.41, 5.74) is 0.987. The molecule has 1 aliphatic heterocycles. The number of ether oxygens (including phenoxy) is 1. The van der Waals surface area contributed by atoms with Crippen LogP contribution >= 0.6 is 0 Å². The minimum Gasteiger partial charge on any atom is -0.468 e. The van der Waals surface area contributed by atoms with E-state index in [0.29, 0.717) is 12.4 Å². The molecule has 0 spiro atoms. The van der Waals surface area contributed by atoms with E-state index in [-0.39, 0.29) is 12.0 Å². The minimum absolute atomic E-state index is 0.223. The van der Waals surface area contributed by atoms with Crippen LogP contribution in [0.3, 0.4) is 0 Å². The predicted molar refractivity (Wildman–Crippen MR) is 59.8 cm³/mol. The molecule has 0 radical (unpaired) electrons. The number of rotatable bonds is 3. The number of nitrogens with one attached hydrogen (secondary N) is 1. The Morgan fingerprint density at radius 3 is 3.12 bits per heavy atom. The van der Waals surface area contributed by atoms with Crippen LogP contribution in [0.15, 0.2) is 6.08 Å². The second-order valence-electron chi connectivity index (χ2n) is 3.92. The average molecular weight is 237 g/mol. The van der Waals surface area contributed by atoms with Crippen LogP contribution in [0.5, 0.6) is 0 Å². The smallest absolute Gasteiger partial charge is 0.322 e. The van der Waals surface area contributed by atoms with Crippen LogP contribution in [-0.2, 0) is 9.53 Å². The molecule has 0 aliphatic carbocycles. The zero-order valence-corrected chi connectivity index (χ0v) is 9.88. The molecule has 0 saturated heterocycles. The van der Waals surface area contributed by atoms with E-state index in [1.807, 2.05) is 11.8 Å². The second kappa shape index (κ2) is 5.05. The van der Waals surface area contributed by atoms with Crippen molar-refractivity contribution in [2.45, 2.75) is 19.4 Å². The van der Waals surface area contributed by atoms with Gasteiger partial charge in [-0.1, -0.05) is 6.08 Å². The largest absolute Gasteiger partial charge is 0.468 e. The van der Waals surface area contributed by atoms with Crippen molar-refractivity contribution in [2.24, 2.45) is 0 Å². The third kappa shape index (κ3) is 2.50. The zero-order chi connectivity index (χ0) is 12.3. The van der Waals surface area contributed by atoms with Gasteiger partial charge in [0.25, 0.3) is 0 Å². The highest BCUT2D eigenvalue weighted by atomic mass is 16.5. The molecule has 1 atom stereocenters. The lowest BCUT2D eigenvalue weighted by atomic mass is 10.1. The van der Waals surface area contributed by atoms with Crippen LogP contribution in [0.2, 0.25) is 0 Å². The van der Waals surface area contributed by atoms with Crippen molar-refractivity contribution in [1.29, 1.82) is 0 Å². The van der Waals surface area contributed by atoms with Gasteiger partial charge in [-0.3, -0.25) is 9.69 Å². The quantitative estimate of drug-likeness (QED) is 0.736. The van der Waals surface area contributed by atoms with Gasteiger partial charge in [0, 0.05) is 18.7 Å². The van der Waals surface area contributed by atoms with Crippen LogP contribution < -0.4 is 0 Å². The lowest BCUT2D eigenvalue weighted by Gasteiger charge is -2.30. The number of nitrogens with zero attached hydrogens (tertiary/aromatic N) is 4. The average Bonchev–Trinajstić information content (AvgIpc) is 2.91. The van der Waals surface area contributed by atoms with Gasteiger partial charge in [-0.25, -0.2) is 0 Å². The van der Waals surface area contributed by atoms with Crippen LogP contribution in [0.1, 0.15) is 19.2 Å². The molecule has 0 fully saturated rings. The molecular formula is C10H15N5O2. The molecule has 1 aliphatic rings. The summed E-state index contributed by atoms with van der Waals surface area (Å²) >= 11 is 0. The predicted octanol–water partition coefficient (Wildman–Crippen LogP) is -0.150. The minimum atomic E-state index is -0.254. The Morgan fingerprint density at radius 1 is 1.65 bits per heavy atom. The molecule has 0 amide bonds. The van der Waals surface area contributed by atoms with Gasteiger partial charge in [-0.15, -0.1) is 10.2 Å². The number of hydrogen-bond acceptors (Lipinski definition) is 6. The van der Waals surface area contributed by atoms with Gasteiger partial charge in [0.15, 0.2) is 0 Å². The summed E-state index contributed by atoms with van der Waals surface area (Å²) in [6, 6.07) is -0.254. The zero-order valence-electron chi connectivity index (χ0n) is 9.88. The van der Waals surface area contributed by atoms with Crippen LogP contribution in [0, 0.1) is 0 Å². The Kier molecular flexibility index (Phi) is 3.48. The van der Waals surface area contributed by atoms with E-state index in [2.05, 4.69) is 26.7 Å². The van der Waals surface area contributed by atoms with Gasteiger partial charge in [0.2, 0.25) is 5.82 Å². The Bertz CT molecular complexity index is 414. The topological polar surface area (TPSA) is 84.0 Å².